The molecule has 2 atom stereocenters. The number of piperidine rings is 1. The molecule has 0 bridgehead atoms. The highest BCUT2D eigenvalue weighted by molar-refractivity contribution is 5.86. The molecule has 4 rings (SSSR count). The van der Waals surface area contributed by atoms with Gasteiger partial charge in [0.25, 0.3) is 5.91 Å². The zero-order valence-electron chi connectivity index (χ0n) is 18.4. The largest absolute Gasteiger partial charge is 0.368 e. The second kappa shape index (κ2) is 9.18. The highest BCUT2D eigenvalue weighted by atomic mass is 16.5. The van der Waals surface area contributed by atoms with Crippen molar-refractivity contribution in [3.05, 3.63) is 54.4 Å². The zero-order chi connectivity index (χ0) is 21.8. The van der Waals surface area contributed by atoms with Gasteiger partial charge < -0.3 is 14.5 Å². The molecule has 31 heavy (non-hydrogen) atoms. The smallest absolute Gasteiger partial charge is 0.251 e. The molecule has 2 aliphatic heterocycles. The van der Waals surface area contributed by atoms with E-state index >= 15 is 0 Å². The first-order valence-electron chi connectivity index (χ1n) is 11.1. The minimum atomic E-state index is -0.603. The van der Waals surface area contributed by atoms with Crippen molar-refractivity contribution in [2.24, 2.45) is 5.41 Å². The summed E-state index contributed by atoms with van der Waals surface area (Å²) in [4.78, 5) is 34.0. The number of pyridine rings is 1. The van der Waals surface area contributed by atoms with Crippen molar-refractivity contribution < 1.29 is 14.3 Å². The highest BCUT2D eigenvalue weighted by Crippen LogP contribution is 2.36. The van der Waals surface area contributed by atoms with E-state index in [2.05, 4.69) is 29.2 Å². The number of amides is 2. The minimum Gasteiger partial charge on any atom is -0.368 e. The molecule has 2 fully saturated rings. The molecule has 0 N–H and O–H groups in total. The van der Waals surface area contributed by atoms with Gasteiger partial charge in [-0.05, 0) is 60.9 Å². The Labute approximate surface area is 184 Å². The fraction of sp³-hybridized carbons (Fsp3) is 0.480. The summed E-state index contributed by atoms with van der Waals surface area (Å²) in [5.41, 5.74) is 2.75. The molecule has 0 radical (unpaired) electrons. The molecule has 1 aromatic carbocycles. The first-order valence-corrected chi connectivity index (χ1v) is 11.1. The fourth-order valence-corrected chi connectivity index (χ4v) is 4.91. The lowest BCUT2D eigenvalue weighted by molar-refractivity contribution is -0.151. The average molecular weight is 422 g/mol. The Morgan fingerprint density at radius 3 is 2.45 bits per heavy atom. The second-order valence-corrected chi connectivity index (χ2v) is 8.95. The predicted octanol–water partition coefficient (Wildman–Crippen LogP) is 3.17. The Morgan fingerprint density at radius 2 is 1.81 bits per heavy atom. The predicted molar refractivity (Wildman–Crippen MR) is 119 cm³/mol. The fourth-order valence-electron chi connectivity index (χ4n) is 4.91. The van der Waals surface area contributed by atoms with Gasteiger partial charge in [-0.3, -0.25) is 14.6 Å². The lowest BCUT2D eigenvalue weighted by Crippen LogP contribution is -2.55. The van der Waals surface area contributed by atoms with Crippen LogP contribution >= 0.6 is 0 Å². The van der Waals surface area contributed by atoms with Gasteiger partial charge in [0.2, 0.25) is 5.91 Å². The molecule has 6 nitrogen and oxygen atoms in total. The van der Waals surface area contributed by atoms with Crippen LogP contribution in [0.15, 0.2) is 48.8 Å². The molecule has 3 heterocycles. The SMILES string of the molecule is CN(C)C(=O)C1(Cc2ccc(-c3ccncc3)cc2)CCCN(C(=O)C2CCCO2)C1. The van der Waals surface area contributed by atoms with Gasteiger partial charge in [-0.15, -0.1) is 0 Å². The monoisotopic (exact) mass is 421 g/mol. The topological polar surface area (TPSA) is 62.7 Å². The van der Waals surface area contributed by atoms with Gasteiger partial charge in [-0.25, -0.2) is 0 Å². The molecule has 0 aliphatic carbocycles. The van der Waals surface area contributed by atoms with Crippen LogP contribution in [0.3, 0.4) is 0 Å². The molecule has 0 saturated carbocycles. The number of likely N-dealkylation sites (tertiary alicyclic amines) is 1. The van der Waals surface area contributed by atoms with E-state index in [1.54, 1.807) is 31.4 Å². The summed E-state index contributed by atoms with van der Waals surface area (Å²) in [6.45, 7) is 1.80. The van der Waals surface area contributed by atoms with E-state index in [0.717, 1.165) is 42.4 Å². The molecular formula is C25H31N3O3. The number of carbonyl (C=O) groups excluding carboxylic acids is 2. The van der Waals surface area contributed by atoms with Crippen LogP contribution in [0, 0.1) is 5.41 Å². The number of aromatic nitrogens is 1. The minimum absolute atomic E-state index is 0.0427. The van der Waals surface area contributed by atoms with Gasteiger partial charge in [-0.2, -0.15) is 0 Å². The van der Waals surface area contributed by atoms with E-state index in [-0.39, 0.29) is 17.9 Å². The van der Waals surface area contributed by atoms with Crippen molar-refractivity contribution in [2.75, 3.05) is 33.8 Å². The van der Waals surface area contributed by atoms with Gasteiger partial charge in [0.15, 0.2) is 0 Å². The van der Waals surface area contributed by atoms with Gasteiger partial charge in [-0.1, -0.05) is 24.3 Å². The van der Waals surface area contributed by atoms with Crippen molar-refractivity contribution >= 4 is 11.8 Å². The first kappa shape index (κ1) is 21.5. The third kappa shape index (κ3) is 4.64. The van der Waals surface area contributed by atoms with Crippen LogP contribution < -0.4 is 0 Å². The lowest BCUT2D eigenvalue weighted by atomic mass is 9.73. The summed E-state index contributed by atoms with van der Waals surface area (Å²) in [6, 6.07) is 12.4. The van der Waals surface area contributed by atoms with Gasteiger partial charge in [0.1, 0.15) is 6.10 Å². The Kier molecular flexibility index (Phi) is 6.37. The molecule has 2 aliphatic rings. The molecule has 2 amide bonds. The summed E-state index contributed by atoms with van der Waals surface area (Å²) in [6.07, 6.45) is 7.17. The summed E-state index contributed by atoms with van der Waals surface area (Å²) in [5, 5.41) is 0. The zero-order valence-corrected chi connectivity index (χ0v) is 18.4. The van der Waals surface area contributed by atoms with E-state index < -0.39 is 5.41 Å². The van der Waals surface area contributed by atoms with Gasteiger partial charge >= 0.3 is 0 Å². The van der Waals surface area contributed by atoms with E-state index in [9.17, 15) is 9.59 Å². The molecule has 2 aromatic rings. The maximum Gasteiger partial charge on any atom is 0.251 e. The summed E-state index contributed by atoms with van der Waals surface area (Å²) >= 11 is 0. The standard InChI is InChI=1S/C25H31N3O3/c1-27(2)24(30)25(12-4-15-28(18-25)23(29)22-5-3-16-31-22)17-19-6-8-20(9-7-19)21-10-13-26-14-11-21/h6-11,13-14,22H,3-5,12,15-18H2,1-2H3. The van der Waals surface area contributed by atoms with E-state index in [1.165, 1.54) is 0 Å². The average Bonchev–Trinajstić information content (AvgIpc) is 3.34. The van der Waals surface area contributed by atoms with Crippen molar-refractivity contribution in [1.29, 1.82) is 0 Å². The molecule has 2 unspecified atom stereocenters. The van der Waals surface area contributed by atoms with E-state index in [4.69, 9.17) is 4.74 Å². The van der Waals surface area contributed by atoms with Crippen molar-refractivity contribution in [1.82, 2.24) is 14.8 Å². The lowest BCUT2D eigenvalue weighted by Gasteiger charge is -2.43. The van der Waals surface area contributed by atoms with Crippen molar-refractivity contribution in [3.8, 4) is 11.1 Å². The maximum absolute atomic E-state index is 13.4. The van der Waals surface area contributed by atoms with Crippen LogP contribution in [0.2, 0.25) is 0 Å². The number of benzene rings is 1. The Morgan fingerprint density at radius 1 is 1.10 bits per heavy atom. The summed E-state index contributed by atoms with van der Waals surface area (Å²) in [5.74, 6) is 0.136. The molecule has 0 spiro atoms. The second-order valence-electron chi connectivity index (χ2n) is 8.95. The molecule has 1 aromatic heterocycles. The number of ether oxygens (including phenoxy) is 1. The number of hydrogen-bond donors (Lipinski definition) is 0. The van der Waals surface area contributed by atoms with Gasteiger partial charge in [0.05, 0.1) is 5.41 Å². The molecule has 6 heteroatoms. The van der Waals surface area contributed by atoms with Crippen LogP contribution in [0.1, 0.15) is 31.2 Å². The number of nitrogens with zero attached hydrogens (tertiary/aromatic N) is 3. The highest BCUT2D eigenvalue weighted by Gasteiger charge is 2.45. The Balaban J connectivity index is 1.56. The first-order chi connectivity index (χ1) is 15.0. The number of carbonyl (C=O) groups is 2. The molecular weight excluding hydrogens is 390 g/mol. The maximum atomic E-state index is 13.4. The van der Waals surface area contributed by atoms with Crippen LogP contribution in [-0.4, -0.2) is 66.5 Å². The quantitative estimate of drug-likeness (QED) is 0.744. The summed E-state index contributed by atoms with van der Waals surface area (Å²) < 4.78 is 5.63. The Hall–Kier alpha value is -2.73. The van der Waals surface area contributed by atoms with Crippen molar-refractivity contribution in [3.63, 3.8) is 0 Å². The number of hydrogen-bond acceptors (Lipinski definition) is 4. The van der Waals surface area contributed by atoms with Crippen LogP contribution in [-0.2, 0) is 20.7 Å². The van der Waals surface area contributed by atoms with Crippen LogP contribution in [0.25, 0.3) is 11.1 Å². The normalized spacial score (nSPS) is 23.5. The van der Waals surface area contributed by atoms with E-state index in [0.29, 0.717) is 26.1 Å². The van der Waals surface area contributed by atoms with E-state index in [1.807, 2.05) is 17.0 Å². The number of rotatable bonds is 5. The van der Waals surface area contributed by atoms with Crippen LogP contribution in [0.5, 0.6) is 0 Å². The third-order valence-corrected chi connectivity index (χ3v) is 6.46. The van der Waals surface area contributed by atoms with Crippen LogP contribution in [0.4, 0.5) is 0 Å². The summed E-state index contributed by atoms with van der Waals surface area (Å²) in [7, 11) is 3.61. The van der Waals surface area contributed by atoms with Crippen molar-refractivity contribution in [2.45, 2.75) is 38.2 Å². The van der Waals surface area contributed by atoms with Gasteiger partial charge in [0, 0.05) is 46.2 Å². The molecule has 164 valence electrons. The third-order valence-electron chi connectivity index (χ3n) is 6.46. The molecule has 2 saturated heterocycles. The Bertz CT molecular complexity index is 907.